The van der Waals surface area contributed by atoms with Crippen molar-refractivity contribution in [3.63, 3.8) is 0 Å². The Hall–Kier alpha value is -2.23. The summed E-state index contributed by atoms with van der Waals surface area (Å²) in [6.07, 6.45) is -5.24. The average Bonchev–Trinajstić information content (AvgIpc) is 2.97. The van der Waals surface area contributed by atoms with Crippen molar-refractivity contribution in [1.29, 1.82) is 0 Å². The van der Waals surface area contributed by atoms with Crippen LogP contribution >= 0.6 is 11.8 Å². The Morgan fingerprint density at radius 1 is 1.18 bits per heavy atom. The van der Waals surface area contributed by atoms with Crippen molar-refractivity contribution >= 4 is 17.7 Å². The van der Waals surface area contributed by atoms with E-state index in [1.165, 1.54) is 12.1 Å². The summed E-state index contributed by atoms with van der Waals surface area (Å²) in [4.78, 5) is 11.6. The summed E-state index contributed by atoms with van der Waals surface area (Å²) in [6.45, 7) is -0.201. The molecule has 9 heteroatoms. The zero-order chi connectivity index (χ0) is 20.3. The number of alkyl halides is 3. The van der Waals surface area contributed by atoms with Crippen LogP contribution in [0, 0.1) is 0 Å². The van der Waals surface area contributed by atoms with E-state index in [0.29, 0.717) is 12.2 Å². The van der Waals surface area contributed by atoms with Gasteiger partial charge in [-0.15, -0.1) is 0 Å². The van der Waals surface area contributed by atoms with Gasteiger partial charge >= 0.3 is 6.18 Å². The fourth-order valence-corrected chi connectivity index (χ4v) is 3.71. The number of amides is 1. The van der Waals surface area contributed by atoms with Crippen LogP contribution in [0.1, 0.15) is 22.8 Å². The fourth-order valence-electron chi connectivity index (χ4n) is 2.74. The predicted octanol–water partition coefficient (Wildman–Crippen LogP) is 2.87. The van der Waals surface area contributed by atoms with Gasteiger partial charge in [-0.3, -0.25) is 4.79 Å². The molecule has 28 heavy (non-hydrogen) atoms. The molecule has 1 heterocycles. The molecule has 3 N–H and O–H groups in total. The van der Waals surface area contributed by atoms with Crippen LogP contribution in [0.5, 0.6) is 5.75 Å². The Morgan fingerprint density at radius 3 is 2.50 bits per heavy atom. The molecule has 3 atom stereocenters. The molecule has 3 rings (SSSR count). The number of aliphatic hydroxyl groups excluding tert-OH is 2. The summed E-state index contributed by atoms with van der Waals surface area (Å²) in [5.41, 5.74) is -0.730. The van der Waals surface area contributed by atoms with Gasteiger partial charge in [0.05, 0.1) is 10.8 Å². The van der Waals surface area contributed by atoms with Gasteiger partial charge in [0.15, 0.2) is 5.56 Å². The Labute approximate surface area is 163 Å². The minimum Gasteiger partial charge on any atom is -0.491 e. The highest BCUT2D eigenvalue weighted by Gasteiger charge is 2.32. The summed E-state index contributed by atoms with van der Waals surface area (Å²) in [5, 5.41) is 21.5. The summed E-state index contributed by atoms with van der Waals surface area (Å²) in [5.74, 6) is 0.223. The zero-order valence-corrected chi connectivity index (χ0v) is 15.3. The predicted molar refractivity (Wildman–Crippen MR) is 97.6 cm³/mol. The van der Waals surface area contributed by atoms with Crippen LogP contribution in [0.2, 0.25) is 0 Å². The molecule has 2 aromatic carbocycles. The summed E-state index contributed by atoms with van der Waals surface area (Å²) < 4.78 is 43.7. The molecular weight excluding hydrogens is 395 g/mol. The van der Waals surface area contributed by atoms with Crippen LogP contribution in [0.4, 0.5) is 13.2 Å². The van der Waals surface area contributed by atoms with Gasteiger partial charge in [0.1, 0.15) is 18.5 Å². The molecule has 2 unspecified atom stereocenters. The van der Waals surface area contributed by atoms with Crippen molar-refractivity contribution in [3.05, 3.63) is 65.2 Å². The van der Waals surface area contributed by atoms with Crippen molar-refractivity contribution in [1.82, 2.24) is 5.32 Å². The summed E-state index contributed by atoms with van der Waals surface area (Å²) >= 11 is 1.14. The summed E-state index contributed by atoms with van der Waals surface area (Å²) in [6, 6.07) is 11.3. The minimum atomic E-state index is -4.48. The highest BCUT2D eigenvalue weighted by atomic mass is 32.2. The van der Waals surface area contributed by atoms with Crippen LogP contribution < -0.4 is 10.1 Å². The average molecular weight is 413 g/mol. The van der Waals surface area contributed by atoms with Crippen molar-refractivity contribution < 1.29 is 32.9 Å². The SMILES string of the molecule is O=C1NC(O)SC1Cc1ccc(OC[C@@H](O)c2cccc(C(F)(F)F)c2)cc1. The fraction of sp³-hybridized carbons (Fsp3) is 0.316. The lowest BCUT2D eigenvalue weighted by molar-refractivity contribution is -0.137. The number of carbonyl (C=O) groups is 1. The first-order chi connectivity index (χ1) is 13.2. The van der Waals surface area contributed by atoms with Crippen molar-refractivity contribution in [2.45, 2.75) is 29.5 Å². The van der Waals surface area contributed by atoms with E-state index in [2.05, 4.69) is 5.32 Å². The van der Waals surface area contributed by atoms with Gasteiger partial charge < -0.3 is 20.3 Å². The smallest absolute Gasteiger partial charge is 0.416 e. The molecule has 2 aromatic rings. The quantitative estimate of drug-likeness (QED) is 0.679. The zero-order valence-electron chi connectivity index (χ0n) is 14.5. The van der Waals surface area contributed by atoms with E-state index < -0.39 is 23.4 Å². The Bertz CT molecular complexity index is 829. The number of hydrogen-bond acceptors (Lipinski definition) is 5. The van der Waals surface area contributed by atoms with Crippen LogP contribution in [0.15, 0.2) is 48.5 Å². The highest BCUT2D eigenvalue weighted by Crippen LogP contribution is 2.31. The van der Waals surface area contributed by atoms with E-state index in [1.54, 1.807) is 24.3 Å². The lowest BCUT2D eigenvalue weighted by Gasteiger charge is -2.15. The second-order valence-electron chi connectivity index (χ2n) is 6.28. The third-order valence-corrected chi connectivity index (χ3v) is 5.29. The van der Waals surface area contributed by atoms with E-state index in [-0.39, 0.29) is 23.3 Å². The molecule has 1 aliphatic heterocycles. The van der Waals surface area contributed by atoms with Crippen molar-refractivity contribution in [3.8, 4) is 5.75 Å². The van der Waals surface area contributed by atoms with Gasteiger partial charge in [-0.05, 0) is 41.8 Å². The maximum atomic E-state index is 12.8. The molecule has 0 radical (unpaired) electrons. The molecule has 0 aliphatic carbocycles. The van der Waals surface area contributed by atoms with Gasteiger partial charge in [-0.25, -0.2) is 0 Å². The molecule has 1 saturated heterocycles. The van der Waals surface area contributed by atoms with Crippen LogP contribution in [-0.4, -0.2) is 33.5 Å². The standard InChI is InChI=1S/C19H18F3NO4S/c20-19(21,22)13-3-1-2-12(9-13)15(24)10-27-14-6-4-11(5-7-14)8-16-17(25)23-18(26)28-16/h1-7,9,15-16,18,24,26H,8,10H2,(H,23,25)/t15-,16?,18?/m1/s1. The lowest BCUT2D eigenvalue weighted by atomic mass is 10.1. The number of nitrogens with one attached hydrogen (secondary N) is 1. The first-order valence-electron chi connectivity index (χ1n) is 8.43. The number of rotatable bonds is 6. The largest absolute Gasteiger partial charge is 0.491 e. The maximum Gasteiger partial charge on any atom is 0.416 e. The van der Waals surface area contributed by atoms with Crippen molar-refractivity contribution in [2.24, 2.45) is 0 Å². The van der Waals surface area contributed by atoms with Gasteiger partial charge in [0.25, 0.3) is 0 Å². The number of ether oxygens (including phenoxy) is 1. The Balaban J connectivity index is 1.55. The lowest BCUT2D eigenvalue weighted by Crippen LogP contribution is -2.27. The number of aliphatic hydroxyl groups is 2. The molecular formula is C19H18F3NO4S. The molecule has 150 valence electrons. The normalized spacial score (nSPS) is 20.7. The van der Waals surface area contributed by atoms with Crippen LogP contribution in [-0.2, 0) is 17.4 Å². The molecule has 1 fully saturated rings. The van der Waals surface area contributed by atoms with Crippen LogP contribution in [0.25, 0.3) is 0 Å². The highest BCUT2D eigenvalue weighted by molar-refractivity contribution is 8.01. The first kappa shape index (κ1) is 20.5. The molecule has 1 amide bonds. The number of benzene rings is 2. The minimum absolute atomic E-state index is 0.120. The first-order valence-corrected chi connectivity index (χ1v) is 9.37. The van der Waals surface area contributed by atoms with Crippen LogP contribution in [0.3, 0.4) is 0 Å². The number of hydrogen-bond donors (Lipinski definition) is 3. The number of halogens is 3. The Morgan fingerprint density at radius 2 is 1.89 bits per heavy atom. The third-order valence-electron chi connectivity index (χ3n) is 4.20. The van der Waals surface area contributed by atoms with E-state index in [4.69, 9.17) is 4.74 Å². The van der Waals surface area contributed by atoms with Gasteiger partial charge in [0, 0.05) is 0 Å². The van der Waals surface area contributed by atoms with E-state index in [9.17, 15) is 28.2 Å². The van der Waals surface area contributed by atoms with Gasteiger partial charge in [0.2, 0.25) is 5.91 Å². The number of thioether (sulfide) groups is 1. The number of carbonyl (C=O) groups excluding carboxylic acids is 1. The maximum absolute atomic E-state index is 12.8. The molecule has 0 saturated carbocycles. The van der Waals surface area contributed by atoms with E-state index >= 15 is 0 Å². The Kier molecular flexibility index (Phi) is 6.17. The second-order valence-corrected chi connectivity index (χ2v) is 7.57. The molecule has 0 aromatic heterocycles. The molecule has 0 bridgehead atoms. The van der Waals surface area contributed by atoms with Gasteiger partial charge in [-0.1, -0.05) is 36.0 Å². The topological polar surface area (TPSA) is 78.8 Å². The second kappa shape index (κ2) is 8.42. The van der Waals surface area contributed by atoms with Gasteiger partial charge in [-0.2, -0.15) is 13.2 Å². The van der Waals surface area contributed by atoms with E-state index in [1.807, 2.05) is 0 Å². The molecule has 0 spiro atoms. The third kappa shape index (κ3) is 5.18. The monoisotopic (exact) mass is 413 g/mol. The van der Waals surface area contributed by atoms with E-state index in [0.717, 1.165) is 29.5 Å². The molecule has 5 nitrogen and oxygen atoms in total. The van der Waals surface area contributed by atoms with Crippen molar-refractivity contribution in [2.75, 3.05) is 6.61 Å². The molecule has 1 aliphatic rings. The summed E-state index contributed by atoms with van der Waals surface area (Å²) in [7, 11) is 0.